The quantitative estimate of drug-likeness (QED) is 0.902. The molecule has 1 amide bonds. The number of carbonyl (C=O) groups excluding carboxylic acids is 1. The molecule has 0 bridgehead atoms. The number of rotatable bonds is 5. The molecular formula is C21H26N2O. The van der Waals surface area contributed by atoms with Gasteiger partial charge in [-0.1, -0.05) is 48.0 Å². The van der Waals surface area contributed by atoms with Crippen LogP contribution in [0, 0.1) is 6.92 Å². The number of carbonyl (C=O) groups is 1. The summed E-state index contributed by atoms with van der Waals surface area (Å²) in [6, 6.07) is 16.8. The molecule has 1 unspecified atom stereocenters. The number of fused-ring (bicyclic) bond motifs is 1. The molecule has 1 aliphatic heterocycles. The van der Waals surface area contributed by atoms with Crippen molar-refractivity contribution < 1.29 is 4.79 Å². The maximum absolute atomic E-state index is 12.3. The van der Waals surface area contributed by atoms with Gasteiger partial charge in [0.15, 0.2) is 0 Å². The predicted molar refractivity (Wildman–Crippen MR) is 99.3 cm³/mol. The van der Waals surface area contributed by atoms with Gasteiger partial charge in [-0.3, -0.25) is 4.79 Å². The van der Waals surface area contributed by atoms with E-state index < -0.39 is 0 Å². The SMILES string of the molecule is Cc1ccc2c(c1)CCCN2CCC(=O)NC(C)c1ccccc1. The molecule has 2 aromatic rings. The minimum Gasteiger partial charge on any atom is -0.371 e. The molecule has 24 heavy (non-hydrogen) atoms. The molecule has 0 saturated heterocycles. The molecule has 2 aromatic carbocycles. The summed E-state index contributed by atoms with van der Waals surface area (Å²) in [6.45, 7) is 5.99. The molecule has 0 aromatic heterocycles. The first-order chi connectivity index (χ1) is 11.6. The third-order valence-electron chi connectivity index (χ3n) is 4.74. The average Bonchev–Trinajstić information content (AvgIpc) is 2.60. The normalized spacial score (nSPS) is 14.8. The lowest BCUT2D eigenvalue weighted by atomic mass is 9.99. The van der Waals surface area contributed by atoms with E-state index in [0.717, 1.165) is 25.1 Å². The van der Waals surface area contributed by atoms with E-state index >= 15 is 0 Å². The number of nitrogens with zero attached hydrogens (tertiary/aromatic N) is 1. The molecule has 1 N–H and O–H groups in total. The van der Waals surface area contributed by atoms with Gasteiger partial charge in [-0.25, -0.2) is 0 Å². The molecule has 1 atom stereocenters. The Morgan fingerprint density at radius 3 is 2.79 bits per heavy atom. The van der Waals surface area contributed by atoms with Crippen LogP contribution in [0.2, 0.25) is 0 Å². The van der Waals surface area contributed by atoms with Crippen LogP contribution in [0.15, 0.2) is 48.5 Å². The van der Waals surface area contributed by atoms with E-state index in [1.807, 2.05) is 37.3 Å². The largest absolute Gasteiger partial charge is 0.371 e. The lowest BCUT2D eigenvalue weighted by Crippen LogP contribution is -2.34. The van der Waals surface area contributed by atoms with Crippen molar-refractivity contribution in [2.24, 2.45) is 0 Å². The highest BCUT2D eigenvalue weighted by Gasteiger charge is 2.18. The van der Waals surface area contributed by atoms with Crippen LogP contribution in [0.5, 0.6) is 0 Å². The molecule has 0 saturated carbocycles. The van der Waals surface area contributed by atoms with Crippen molar-refractivity contribution in [1.29, 1.82) is 0 Å². The Morgan fingerprint density at radius 1 is 1.21 bits per heavy atom. The van der Waals surface area contributed by atoms with E-state index in [0.29, 0.717) is 6.42 Å². The zero-order chi connectivity index (χ0) is 16.9. The van der Waals surface area contributed by atoms with Gasteiger partial charge >= 0.3 is 0 Å². The van der Waals surface area contributed by atoms with E-state index in [1.165, 1.54) is 23.2 Å². The van der Waals surface area contributed by atoms with Gasteiger partial charge in [0, 0.05) is 25.2 Å². The number of hydrogen-bond donors (Lipinski definition) is 1. The van der Waals surface area contributed by atoms with Crippen molar-refractivity contribution in [1.82, 2.24) is 5.32 Å². The van der Waals surface area contributed by atoms with Crippen molar-refractivity contribution in [2.75, 3.05) is 18.0 Å². The summed E-state index contributed by atoms with van der Waals surface area (Å²) in [7, 11) is 0. The summed E-state index contributed by atoms with van der Waals surface area (Å²) in [5, 5.41) is 3.10. The number of amides is 1. The van der Waals surface area contributed by atoms with Gasteiger partial charge in [0.25, 0.3) is 0 Å². The summed E-state index contributed by atoms with van der Waals surface area (Å²) in [4.78, 5) is 14.6. The van der Waals surface area contributed by atoms with Crippen LogP contribution >= 0.6 is 0 Å². The van der Waals surface area contributed by atoms with Gasteiger partial charge in [0.2, 0.25) is 5.91 Å². The Balaban J connectivity index is 1.56. The van der Waals surface area contributed by atoms with Crippen molar-refractivity contribution in [3.05, 3.63) is 65.2 Å². The smallest absolute Gasteiger partial charge is 0.222 e. The Bertz CT molecular complexity index is 696. The van der Waals surface area contributed by atoms with Gasteiger partial charge in [0.1, 0.15) is 0 Å². The van der Waals surface area contributed by atoms with Gasteiger partial charge in [0.05, 0.1) is 6.04 Å². The zero-order valence-corrected chi connectivity index (χ0v) is 14.6. The lowest BCUT2D eigenvalue weighted by molar-refractivity contribution is -0.121. The fourth-order valence-corrected chi connectivity index (χ4v) is 3.41. The second kappa shape index (κ2) is 7.52. The molecule has 1 heterocycles. The van der Waals surface area contributed by atoms with Crippen LogP contribution in [0.25, 0.3) is 0 Å². The molecule has 3 nitrogen and oxygen atoms in total. The molecule has 0 aliphatic carbocycles. The van der Waals surface area contributed by atoms with Crippen molar-refractivity contribution in [3.63, 3.8) is 0 Å². The highest BCUT2D eigenvalue weighted by molar-refractivity contribution is 5.77. The standard InChI is InChI=1S/C21H26N2O/c1-16-10-11-20-19(15-16)9-6-13-23(20)14-12-21(24)22-17(2)18-7-4-3-5-8-18/h3-5,7-8,10-11,15,17H,6,9,12-14H2,1-2H3,(H,22,24). The van der Waals surface area contributed by atoms with Crippen LogP contribution < -0.4 is 10.2 Å². The molecule has 1 aliphatic rings. The summed E-state index contributed by atoms with van der Waals surface area (Å²) >= 11 is 0. The fourth-order valence-electron chi connectivity index (χ4n) is 3.41. The minimum absolute atomic E-state index is 0.0509. The van der Waals surface area contributed by atoms with Gasteiger partial charge in [-0.05, 0) is 43.9 Å². The Labute approximate surface area is 144 Å². The number of aryl methyl sites for hydroxylation is 2. The van der Waals surface area contributed by atoms with Crippen LogP contribution in [0.4, 0.5) is 5.69 Å². The number of hydrogen-bond acceptors (Lipinski definition) is 2. The molecule has 0 fully saturated rings. The maximum atomic E-state index is 12.3. The highest BCUT2D eigenvalue weighted by Crippen LogP contribution is 2.28. The molecule has 3 heteroatoms. The topological polar surface area (TPSA) is 32.3 Å². The van der Waals surface area contributed by atoms with E-state index in [9.17, 15) is 4.79 Å². The van der Waals surface area contributed by atoms with E-state index in [4.69, 9.17) is 0 Å². The van der Waals surface area contributed by atoms with Gasteiger partial charge in [-0.2, -0.15) is 0 Å². The highest BCUT2D eigenvalue weighted by atomic mass is 16.1. The van der Waals surface area contributed by atoms with E-state index in [2.05, 4.69) is 35.3 Å². The predicted octanol–water partition coefficient (Wildman–Crippen LogP) is 4.02. The average molecular weight is 322 g/mol. The van der Waals surface area contributed by atoms with Gasteiger partial charge < -0.3 is 10.2 Å². The number of anilines is 1. The molecule has 0 spiro atoms. The monoisotopic (exact) mass is 322 g/mol. The van der Waals surface area contributed by atoms with E-state index in [-0.39, 0.29) is 11.9 Å². The maximum Gasteiger partial charge on any atom is 0.222 e. The first-order valence-electron chi connectivity index (χ1n) is 8.82. The van der Waals surface area contributed by atoms with Crippen LogP contribution in [0.3, 0.4) is 0 Å². The fraction of sp³-hybridized carbons (Fsp3) is 0.381. The number of benzene rings is 2. The van der Waals surface area contributed by atoms with Crippen LogP contribution in [0.1, 0.15) is 42.5 Å². The third kappa shape index (κ3) is 3.97. The summed E-state index contributed by atoms with van der Waals surface area (Å²) in [6.07, 6.45) is 2.84. The molecule has 126 valence electrons. The zero-order valence-electron chi connectivity index (χ0n) is 14.6. The second-order valence-electron chi connectivity index (χ2n) is 6.67. The number of nitrogens with one attached hydrogen (secondary N) is 1. The molecule has 0 radical (unpaired) electrons. The van der Waals surface area contributed by atoms with Crippen LogP contribution in [-0.4, -0.2) is 19.0 Å². The lowest BCUT2D eigenvalue weighted by Gasteiger charge is -2.31. The first-order valence-corrected chi connectivity index (χ1v) is 8.82. The van der Waals surface area contributed by atoms with E-state index in [1.54, 1.807) is 0 Å². The summed E-state index contributed by atoms with van der Waals surface area (Å²) in [5.74, 6) is 0.116. The summed E-state index contributed by atoms with van der Waals surface area (Å²) in [5.41, 5.74) is 5.17. The first kappa shape index (κ1) is 16.6. The summed E-state index contributed by atoms with van der Waals surface area (Å²) < 4.78 is 0. The molecule has 3 rings (SSSR count). The van der Waals surface area contributed by atoms with Crippen molar-refractivity contribution in [3.8, 4) is 0 Å². The Kier molecular flexibility index (Phi) is 5.19. The Morgan fingerprint density at radius 2 is 2.00 bits per heavy atom. The van der Waals surface area contributed by atoms with Crippen molar-refractivity contribution in [2.45, 2.75) is 39.2 Å². The minimum atomic E-state index is 0.0509. The Hall–Kier alpha value is -2.29. The van der Waals surface area contributed by atoms with Crippen molar-refractivity contribution >= 4 is 11.6 Å². The van der Waals surface area contributed by atoms with Crippen LogP contribution in [-0.2, 0) is 11.2 Å². The molecular weight excluding hydrogens is 296 g/mol. The second-order valence-corrected chi connectivity index (χ2v) is 6.67. The third-order valence-corrected chi connectivity index (χ3v) is 4.74. The van der Waals surface area contributed by atoms with Gasteiger partial charge in [-0.15, -0.1) is 0 Å².